The lowest BCUT2D eigenvalue weighted by Crippen LogP contribution is -2.22. The molecule has 1 aromatic heterocycles. The van der Waals surface area contributed by atoms with Crippen molar-refractivity contribution in [3.8, 4) is 0 Å². The second-order valence-electron chi connectivity index (χ2n) is 5.99. The number of benzene rings is 1. The first-order valence-corrected chi connectivity index (χ1v) is 8.11. The SMILES string of the molecule is CCc1c(C(C)NCCC2CCOC2)oc2ccccc12. The predicted octanol–water partition coefficient (Wildman–Crippen LogP) is 4.07. The molecule has 1 N–H and O–H groups in total. The van der Waals surface area contributed by atoms with Gasteiger partial charge in [-0.15, -0.1) is 0 Å². The molecule has 0 radical (unpaired) electrons. The van der Waals surface area contributed by atoms with Gasteiger partial charge < -0.3 is 14.5 Å². The molecular formula is C18H25NO2. The molecule has 1 aliphatic rings. The Morgan fingerprint density at radius 3 is 2.95 bits per heavy atom. The number of fused-ring (bicyclic) bond motifs is 1. The quantitative estimate of drug-likeness (QED) is 0.869. The van der Waals surface area contributed by atoms with Crippen LogP contribution in [0, 0.1) is 5.92 Å². The summed E-state index contributed by atoms with van der Waals surface area (Å²) in [7, 11) is 0. The predicted molar refractivity (Wildman–Crippen MR) is 85.6 cm³/mol. The van der Waals surface area contributed by atoms with Crippen LogP contribution in [-0.4, -0.2) is 19.8 Å². The minimum absolute atomic E-state index is 0.259. The number of rotatable bonds is 6. The summed E-state index contributed by atoms with van der Waals surface area (Å²) in [4.78, 5) is 0. The fourth-order valence-electron chi connectivity index (χ4n) is 3.24. The number of ether oxygens (including phenoxy) is 1. The molecule has 1 saturated heterocycles. The van der Waals surface area contributed by atoms with Crippen LogP contribution in [0.2, 0.25) is 0 Å². The standard InChI is InChI=1S/C18H25NO2/c1-3-15-16-6-4-5-7-17(16)21-18(15)13(2)19-10-8-14-9-11-20-12-14/h4-7,13-14,19H,3,8-12H2,1-2H3. The number of aryl methyl sites for hydroxylation is 1. The second-order valence-corrected chi connectivity index (χ2v) is 5.99. The van der Waals surface area contributed by atoms with E-state index in [9.17, 15) is 0 Å². The van der Waals surface area contributed by atoms with Crippen LogP contribution in [-0.2, 0) is 11.2 Å². The summed E-state index contributed by atoms with van der Waals surface area (Å²) in [5.74, 6) is 1.83. The van der Waals surface area contributed by atoms with Gasteiger partial charge in [0, 0.05) is 24.2 Å². The van der Waals surface area contributed by atoms with E-state index in [1.54, 1.807) is 0 Å². The van der Waals surface area contributed by atoms with Crippen LogP contribution in [0.15, 0.2) is 28.7 Å². The molecule has 0 aliphatic carbocycles. The van der Waals surface area contributed by atoms with E-state index in [1.165, 1.54) is 23.8 Å². The Labute approximate surface area is 126 Å². The lowest BCUT2D eigenvalue weighted by Gasteiger charge is -2.14. The van der Waals surface area contributed by atoms with Crippen molar-refractivity contribution in [1.29, 1.82) is 0 Å². The monoisotopic (exact) mass is 287 g/mol. The minimum atomic E-state index is 0.259. The molecule has 2 aromatic rings. The molecule has 3 heteroatoms. The van der Waals surface area contributed by atoms with Crippen molar-refractivity contribution in [3.63, 3.8) is 0 Å². The Kier molecular flexibility index (Phi) is 4.61. The number of nitrogens with one attached hydrogen (secondary N) is 1. The van der Waals surface area contributed by atoms with Crippen LogP contribution in [0.5, 0.6) is 0 Å². The van der Waals surface area contributed by atoms with Crippen molar-refractivity contribution < 1.29 is 9.15 Å². The van der Waals surface area contributed by atoms with Crippen molar-refractivity contribution in [2.75, 3.05) is 19.8 Å². The molecule has 0 amide bonds. The maximum Gasteiger partial charge on any atom is 0.134 e. The molecule has 0 bridgehead atoms. The molecule has 3 nitrogen and oxygen atoms in total. The van der Waals surface area contributed by atoms with Crippen LogP contribution >= 0.6 is 0 Å². The van der Waals surface area contributed by atoms with Crippen molar-refractivity contribution >= 4 is 11.0 Å². The number of hydrogen-bond donors (Lipinski definition) is 1. The molecule has 3 rings (SSSR count). The van der Waals surface area contributed by atoms with E-state index < -0.39 is 0 Å². The van der Waals surface area contributed by atoms with Gasteiger partial charge in [0.2, 0.25) is 0 Å². The highest BCUT2D eigenvalue weighted by Crippen LogP contribution is 2.30. The average Bonchev–Trinajstić information content (AvgIpc) is 3.13. The lowest BCUT2D eigenvalue weighted by molar-refractivity contribution is 0.184. The van der Waals surface area contributed by atoms with Crippen LogP contribution < -0.4 is 5.32 Å². The van der Waals surface area contributed by atoms with E-state index in [4.69, 9.17) is 9.15 Å². The number of hydrogen-bond acceptors (Lipinski definition) is 3. The average molecular weight is 287 g/mol. The summed E-state index contributed by atoms with van der Waals surface area (Å²) in [5, 5.41) is 4.87. The molecule has 2 heterocycles. The van der Waals surface area contributed by atoms with Gasteiger partial charge in [-0.05, 0) is 44.7 Å². The molecule has 2 unspecified atom stereocenters. The fourth-order valence-corrected chi connectivity index (χ4v) is 3.24. The van der Waals surface area contributed by atoms with E-state index >= 15 is 0 Å². The van der Waals surface area contributed by atoms with E-state index in [0.717, 1.165) is 43.4 Å². The van der Waals surface area contributed by atoms with Gasteiger partial charge in [0.1, 0.15) is 11.3 Å². The van der Waals surface area contributed by atoms with E-state index in [-0.39, 0.29) is 6.04 Å². The summed E-state index contributed by atoms with van der Waals surface area (Å²) in [6, 6.07) is 8.59. The van der Waals surface area contributed by atoms with Gasteiger partial charge in [0.05, 0.1) is 6.04 Å². The molecule has 0 spiro atoms. The van der Waals surface area contributed by atoms with Crippen molar-refractivity contribution in [2.24, 2.45) is 5.92 Å². The second kappa shape index (κ2) is 6.63. The number of para-hydroxylation sites is 1. The van der Waals surface area contributed by atoms with Gasteiger partial charge in [0.15, 0.2) is 0 Å². The molecule has 1 aliphatic heterocycles. The summed E-state index contributed by atoms with van der Waals surface area (Å²) < 4.78 is 11.5. The van der Waals surface area contributed by atoms with E-state index in [0.29, 0.717) is 0 Å². The smallest absolute Gasteiger partial charge is 0.134 e. The first-order chi connectivity index (χ1) is 10.3. The topological polar surface area (TPSA) is 34.4 Å². The molecule has 2 atom stereocenters. The highest BCUT2D eigenvalue weighted by atomic mass is 16.5. The van der Waals surface area contributed by atoms with Crippen LogP contribution in [0.4, 0.5) is 0 Å². The first-order valence-electron chi connectivity index (χ1n) is 8.11. The molecule has 0 saturated carbocycles. The Morgan fingerprint density at radius 2 is 2.19 bits per heavy atom. The fraction of sp³-hybridized carbons (Fsp3) is 0.556. The van der Waals surface area contributed by atoms with Gasteiger partial charge in [-0.3, -0.25) is 0 Å². The Balaban J connectivity index is 1.67. The Bertz CT molecular complexity index is 584. The Hall–Kier alpha value is -1.32. The van der Waals surface area contributed by atoms with Gasteiger partial charge in [-0.25, -0.2) is 0 Å². The molecular weight excluding hydrogens is 262 g/mol. The van der Waals surface area contributed by atoms with E-state index in [1.807, 2.05) is 6.07 Å². The van der Waals surface area contributed by atoms with Crippen molar-refractivity contribution in [3.05, 3.63) is 35.6 Å². The first kappa shape index (κ1) is 14.6. The van der Waals surface area contributed by atoms with Gasteiger partial charge >= 0.3 is 0 Å². The molecule has 114 valence electrons. The normalized spacial score (nSPS) is 20.2. The summed E-state index contributed by atoms with van der Waals surface area (Å²) in [6.07, 6.45) is 3.40. The zero-order chi connectivity index (χ0) is 14.7. The van der Waals surface area contributed by atoms with Gasteiger partial charge in [-0.2, -0.15) is 0 Å². The largest absolute Gasteiger partial charge is 0.459 e. The summed E-state index contributed by atoms with van der Waals surface area (Å²) in [5.41, 5.74) is 2.34. The van der Waals surface area contributed by atoms with Crippen LogP contribution in [0.1, 0.15) is 44.1 Å². The summed E-state index contributed by atoms with van der Waals surface area (Å²) in [6.45, 7) is 7.28. The number of furan rings is 1. The van der Waals surface area contributed by atoms with Crippen molar-refractivity contribution in [2.45, 2.75) is 39.2 Å². The third-order valence-corrected chi connectivity index (χ3v) is 4.50. The third kappa shape index (κ3) is 3.14. The van der Waals surface area contributed by atoms with Gasteiger partial charge in [0.25, 0.3) is 0 Å². The highest BCUT2D eigenvalue weighted by molar-refractivity contribution is 5.82. The zero-order valence-electron chi connectivity index (χ0n) is 13.0. The third-order valence-electron chi connectivity index (χ3n) is 4.50. The molecule has 1 fully saturated rings. The maximum absolute atomic E-state index is 6.09. The summed E-state index contributed by atoms with van der Waals surface area (Å²) >= 11 is 0. The van der Waals surface area contributed by atoms with E-state index in [2.05, 4.69) is 37.4 Å². The minimum Gasteiger partial charge on any atom is -0.459 e. The lowest BCUT2D eigenvalue weighted by atomic mass is 10.0. The van der Waals surface area contributed by atoms with Gasteiger partial charge in [-0.1, -0.05) is 25.1 Å². The highest BCUT2D eigenvalue weighted by Gasteiger charge is 2.19. The molecule has 1 aromatic carbocycles. The van der Waals surface area contributed by atoms with Crippen LogP contribution in [0.25, 0.3) is 11.0 Å². The molecule has 21 heavy (non-hydrogen) atoms. The van der Waals surface area contributed by atoms with Crippen LogP contribution in [0.3, 0.4) is 0 Å². The zero-order valence-corrected chi connectivity index (χ0v) is 13.0. The Morgan fingerprint density at radius 1 is 1.33 bits per heavy atom. The maximum atomic E-state index is 6.09. The van der Waals surface area contributed by atoms with Crippen molar-refractivity contribution in [1.82, 2.24) is 5.32 Å².